The van der Waals surface area contributed by atoms with E-state index in [1.807, 2.05) is 0 Å². The monoisotopic (exact) mass is 208 g/mol. The smallest absolute Gasteiger partial charge is 0.398 e. The quantitative estimate of drug-likeness (QED) is 0.716. The molecule has 0 aliphatic heterocycles. The minimum atomic E-state index is -4.66. The number of rotatable bonds is 3. The second-order valence-electron chi connectivity index (χ2n) is 2.13. The molecule has 0 bridgehead atoms. The van der Waals surface area contributed by atoms with Crippen molar-refractivity contribution in [1.29, 1.82) is 0 Å². The molecule has 3 nitrogen and oxygen atoms in total. The molecule has 72 valence electrons. The molecule has 0 N–H and O–H groups in total. The lowest BCUT2D eigenvalue weighted by Crippen LogP contribution is -1.91. The van der Waals surface area contributed by atoms with E-state index in [0.29, 0.717) is 0 Å². The van der Waals surface area contributed by atoms with Crippen molar-refractivity contribution in [2.45, 2.75) is 0 Å². The van der Waals surface area contributed by atoms with Gasteiger partial charge in [0.2, 0.25) is 0 Å². The lowest BCUT2D eigenvalue weighted by Gasteiger charge is -2.08. The standard InChI is InChI=1S/C7H7F2O3P/c1-11-13(9,10)12-7-5-3-2-4-6(7)8/h2-5H,1H3. The number of para-hydroxylation sites is 1. The average molecular weight is 208 g/mol. The van der Waals surface area contributed by atoms with Gasteiger partial charge in [-0.2, -0.15) is 0 Å². The van der Waals surface area contributed by atoms with E-state index in [-0.39, 0.29) is 0 Å². The van der Waals surface area contributed by atoms with Gasteiger partial charge in [-0.15, -0.1) is 4.20 Å². The maximum Gasteiger partial charge on any atom is 0.569 e. The van der Waals surface area contributed by atoms with Crippen molar-refractivity contribution in [3.63, 3.8) is 0 Å². The van der Waals surface area contributed by atoms with Crippen LogP contribution in [0.2, 0.25) is 0 Å². The lowest BCUT2D eigenvalue weighted by molar-refractivity contribution is 0.276. The predicted molar refractivity (Wildman–Crippen MR) is 42.8 cm³/mol. The van der Waals surface area contributed by atoms with Crippen LogP contribution in [0.3, 0.4) is 0 Å². The molecule has 0 fully saturated rings. The Bertz CT molecular complexity index is 342. The van der Waals surface area contributed by atoms with E-state index in [1.165, 1.54) is 12.1 Å². The van der Waals surface area contributed by atoms with Crippen LogP contribution in [-0.4, -0.2) is 7.11 Å². The third-order valence-electron chi connectivity index (χ3n) is 1.26. The van der Waals surface area contributed by atoms with Crippen molar-refractivity contribution in [3.8, 4) is 5.75 Å². The summed E-state index contributed by atoms with van der Waals surface area (Å²) in [4.78, 5) is 0. The predicted octanol–water partition coefficient (Wildman–Crippen LogP) is 2.93. The first-order chi connectivity index (χ1) is 6.05. The van der Waals surface area contributed by atoms with Crippen LogP contribution in [0.5, 0.6) is 5.75 Å². The summed E-state index contributed by atoms with van der Waals surface area (Å²) in [6.45, 7) is 0. The van der Waals surface area contributed by atoms with Crippen LogP contribution in [0.25, 0.3) is 0 Å². The van der Waals surface area contributed by atoms with Gasteiger partial charge in [-0.05, 0) is 12.1 Å². The molecule has 1 aromatic rings. The minimum absolute atomic E-state index is 0.435. The number of benzene rings is 1. The van der Waals surface area contributed by atoms with Crippen molar-refractivity contribution in [1.82, 2.24) is 0 Å². The van der Waals surface area contributed by atoms with Crippen LogP contribution >= 0.6 is 7.91 Å². The van der Waals surface area contributed by atoms with Crippen molar-refractivity contribution in [2.75, 3.05) is 7.11 Å². The van der Waals surface area contributed by atoms with Crippen LogP contribution in [0.4, 0.5) is 8.59 Å². The summed E-state index contributed by atoms with van der Waals surface area (Å²) in [5, 5.41) is 0. The summed E-state index contributed by atoms with van der Waals surface area (Å²) in [5.74, 6) is -1.23. The molecule has 0 saturated carbocycles. The van der Waals surface area contributed by atoms with Crippen LogP contribution in [0.1, 0.15) is 0 Å². The van der Waals surface area contributed by atoms with Crippen molar-refractivity contribution in [2.24, 2.45) is 0 Å². The zero-order valence-electron chi connectivity index (χ0n) is 6.74. The van der Waals surface area contributed by atoms with E-state index >= 15 is 0 Å². The van der Waals surface area contributed by atoms with E-state index in [1.54, 1.807) is 0 Å². The normalized spacial score (nSPS) is 15.0. The van der Waals surface area contributed by atoms with E-state index in [2.05, 4.69) is 9.05 Å². The fraction of sp³-hybridized carbons (Fsp3) is 0.143. The number of hydrogen-bond donors (Lipinski definition) is 0. The highest BCUT2D eigenvalue weighted by molar-refractivity contribution is 7.48. The van der Waals surface area contributed by atoms with Crippen LogP contribution in [-0.2, 0) is 9.09 Å². The first kappa shape index (κ1) is 10.2. The average Bonchev–Trinajstić information content (AvgIpc) is 2.09. The van der Waals surface area contributed by atoms with Crippen molar-refractivity contribution in [3.05, 3.63) is 30.1 Å². The zero-order valence-corrected chi connectivity index (χ0v) is 7.63. The molecular weight excluding hydrogens is 201 g/mol. The summed E-state index contributed by atoms with van der Waals surface area (Å²) in [7, 11) is -3.79. The molecule has 1 atom stereocenters. The lowest BCUT2D eigenvalue weighted by atomic mass is 10.3. The number of hydrogen-bond acceptors (Lipinski definition) is 3. The third kappa shape index (κ3) is 2.79. The van der Waals surface area contributed by atoms with Gasteiger partial charge in [0.1, 0.15) is 0 Å². The van der Waals surface area contributed by atoms with E-state index in [4.69, 9.17) is 0 Å². The summed E-state index contributed by atoms with van der Waals surface area (Å²) < 4.78 is 44.1. The van der Waals surface area contributed by atoms with E-state index in [9.17, 15) is 13.2 Å². The van der Waals surface area contributed by atoms with Gasteiger partial charge in [-0.1, -0.05) is 12.1 Å². The fourth-order valence-electron chi connectivity index (χ4n) is 0.674. The topological polar surface area (TPSA) is 35.5 Å². The van der Waals surface area contributed by atoms with Gasteiger partial charge in [-0.3, -0.25) is 4.52 Å². The zero-order chi connectivity index (χ0) is 9.90. The van der Waals surface area contributed by atoms with Gasteiger partial charge in [0.15, 0.2) is 11.6 Å². The van der Waals surface area contributed by atoms with Gasteiger partial charge >= 0.3 is 7.91 Å². The largest absolute Gasteiger partial charge is 0.569 e. The SMILES string of the molecule is COP(=O)(F)Oc1ccccc1F. The molecule has 0 aliphatic carbocycles. The van der Waals surface area contributed by atoms with Gasteiger partial charge in [-0.25, -0.2) is 8.96 Å². The first-order valence-electron chi connectivity index (χ1n) is 3.35. The van der Waals surface area contributed by atoms with E-state index in [0.717, 1.165) is 19.2 Å². The summed E-state index contributed by atoms with van der Waals surface area (Å²) in [6.07, 6.45) is 0. The van der Waals surface area contributed by atoms with Crippen LogP contribution in [0.15, 0.2) is 24.3 Å². The second-order valence-corrected chi connectivity index (χ2v) is 3.54. The molecule has 6 heteroatoms. The Hall–Kier alpha value is -0.930. The Morgan fingerprint density at radius 3 is 2.54 bits per heavy atom. The molecule has 0 saturated heterocycles. The molecule has 0 spiro atoms. The molecule has 13 heavy (non-hydrogen) atoms. The molecule has 0 radical (unpaired) electrons. The number of halogens is 2. The highest BCUT2D eigenvalue weighted by Gasteiger charge is 2.24. The van der Waals surface area contributed by atoms with Crippen molar-refractivity contribution >= 4 is 7.91 Å². The molecule has 1 unspecified atom stereocenters. The van der Waals surface area contributed by atoms with E-state index < -0.39 is 19.5 Å². The molecule has 0 heterocycles. The van der Waals surface area contributed by atoms with Gasteiger partial charge < -0.3 is 4.52 Å². The highest BCUT2D eigenvalue weighted by Crippen LogP contribution is 2.49. The third-order valence-corrected chi connectivity index (χ3v) is 2.11. The van der Waals surface area contributed by atoms with Gasteiger partial charge in [0.05, 0.1) is 0 Å². The van der Waals surface area contributed by atoms with Gasteiger partial charge in [0, 0.05) is 7.11 Å². The second kappa shape index (κ2) is 3.85. The molecule has 1 rings (SSSR count). The Kier molecular flexibility index (Phi) is 3.01. The summed E-state index contributed by atoms with van der Waals surface area (Å²) in [5.41, 5.74) is 0. The molecule has 0 aromatic heterocycles. The molecule has 1 aromatic carbocycles. The maximum atomic E-state index is 12.8. The highest BCUT2D eigenvalue weighted by atomic mass is 31.2. The Morgan fingerprint density at radius 2 is 2.00 bits per heavy atom. The van der Waals surface area contributed by atoms with Crippen LogP contribution < -0.4 is 4.52 Å². The fourth-order valence-corrected chi connectivity index (χ4v) is 1.13. The molecular formula is C7H7F2O3P. The van der Waals surface area contributed by atoms with Crippen LogP contribution in [0, 0.1) is 5.82 Å². The van der Waals surface area contributed by atoms with Crippen molar-refractivity contribution < 1.29 is 22.2 Å². The first-order valence-corrected chi connectivity index (χ1v) is 4.78. The minimum Gasteiger partial charge on any atom is -0.398 e. The molecule has 0 amide bonds. The summed E-state index contributed by atoms with van der Waals surface area (Å²) in [6, 6.07) is 5.04. The summed E-state index contributed by atoms with van der Waals surface area (Å²) >= 11 is 0. The van der Waals surface area contributed by atoms with Gasteiger partial charge in [0.25, 0.3) is 0 Å². The maximum absolute atomic E-state index is 12.8. The Labute approximate surface area is 73.9 Å². The Balaban J connectivity index is 2.86. The molecule has 0 aliphatic rings. The Morgan fingerprint density at radius 1 is 1.38 bits per heavy atom.